The van der Waals surface area contributed by atoms with E-state index >= 15 is 0 Å². The summed E-state index contributed by atoms with van der Waals surface area (Å²) in [5.74, 6) is 2.39. The van der Waals surface area contributed by atoms with E-state index in [0.29, 0.717) is 5.91 Å². The van der Waals surface area contributed by atoms with Crippen molar-refractivity contribution in [3.8, 4) is 0 Å². The second kappa shape index (κ2) is 5.43. The van der Waals surface area contributed by atoms with E-state index in [0.717, 1.165) is 44.2 Å². The second-order valence-corrected chi connectivity index (χ2v) is 7.29. The summed E-state index contributed by atoms with van der Waals surface area (Å²) in [6.07, 6.45) is 10.2. The first-order chi connectivity index (χ1) is 9.16. The first kappa shape index (κ1) is 13.4. The van der Waals surface area contributed by atoms with E-state index in [1.165, 1.54) is 32.1 Å². The van der Waals surface area contributed by atoms with E-state index < -0.39 is 0 Å². The van der Waals surface area contributed by atoms with Crippen LogP contribution in [0, 0.1) is 17.8 Å². The Morgan fingerprint density at radius 1 is 1.16 bits per heavy atom. The highest BCUT2D eigenvalue weighted by Crippen LogP contribution is 2.42. The number of hydrogen-bond donors (Lipinski definition) is 2. The van der Waals surface area contributed by atoms with Gasteiger partial charge in [-0.15, -0.1) is 0 Å². The Kier molecular flexibility index (Phi) is 3.84. The average molecular weight is 264 g/mol. The molecule has 1 aliphatic heterocycles. The zero-order chi connectivity index (χ0) is 13.3. The van der Waals surface area contributed by atoms with Crippen LogP contribution in [0.4, 0.5) is 0 Å². The molecule has 0 aromatic heterocycles. The van der Waals surface area contributed by atoms with Gasteiger partial charge in [0.1, 0.15) is 0 Å². The largest absolute Gasteiger partial charge is 0.349 e. The lowest BCUT2D eigenvalue weighted by Crippen LogP contribution is -2.50. The average Bonchev–Trinajstić information content (AvgIpc) is 2.84. The minimum Gasteiger partial charge on any atom is -0.349 e. The van der Waals surface area contributed by atoms with Crippen molar-refractivity contribution < 1.29 is 4.79 Å². The molecular weight excluding hydrogens is 236 g/mol. The smallest absolute Gasteiger partial charge is 0.223 e. The topological polar surface area (TPSA) is 41.1 Å². The number of carbonyl (C=O) groups excluding carboxylic acids is 1. The Morgan fingerprint density at radius 3 is 2.68 bits per heavy atom. The van der Waals surface area contributed by atoms with Crippen LogP contribution in [0.1, 0.15) is 58.3 Å². The number of fused-ring (bicyclic) bond motifs is 1. The number of rotatable bonds is 2. The number of carbonyl (C=O) groups is 1. The minimum atomic E-state index is 0.000493. The van der Waals surface area contributed by atoms with Gasteiger partial charge < -0.3 is 10.6 Å². The third kappa shape index (κ3) is 2.96. The molecule has 4 unspecified atom stereocenters. The van der Waals surface area contributed by atoms with E-state index in [2.05, 4.69) is 17.6 Å². The van der Waals surface area contributed by atoms with Gasteiger partial charge in [0.25, 0.3) is 0 Å². The molecule has 3 heteroatoms. The van der Waals surface area contributed by atoms with Gasteiger partial charge in [0, 0.05) is 12.5 Å². The summed E-state index contributed by atoms with van der Waals surface area (Å²) in [4.78, 5) is 12.5. The number of nitrogens with one attached hydrogen (secondary N) is 2. The summed E-state index contributed by atoms with van der Waals surface area (Å²) in [5.41, 5.74) is 0.000493. The summed E-state index contributed by atoms with van der Waals surface area (Å²) in [5, 5.41) is 6.67. The third-order valence-electron chi connectivity index (χ3n) is 5.70. The molecule has 1 amide bonds. The van der Waals surface area contributed by atoms with Crippen molar-refractivity contribution in [1.29, 1.82) is 0 Å². The summed E-state index contributed by atoms with van der Waals surface area (Å²) in [6, 6.07) is 0. The number of amides is 1. The standard InChI is InChI=1S/C16H28N2O/c1-16(8-9-17-11-16)18-15(19)14-7-6-12-4-2-3-5-13(12)10-14/h12-14,17H,2-11H2,1H3,(H,18,19). The van der Waals surface area contributed by atoms with Crippen LogP contribution in [0.3, 0.4) is 0 Å². The minimum absolute atomic E-state index is 0.000493. The van der Waals surface area contributed by atoms with Gasteiger partial charge in [-0.3, -0.25) is 4.79 Å². The van der Waals surface area contributed by atoms with Gasteiger partial charge in [-0.2, -0.15) is 0 Å². The first-order valence-corrected chi connectivity index (χ1v) is 8.19. The Morgan fingerprint density at radius 2 is 1.95 bits per heavy atom. The molecule has 0 spiro atoms. The van der Waals surface area contributed by atoms with Gasteiger partial charge in [-0.25, -0.2) is 0 Å². The van der Waals surface area contributed by atoms with Crippen molar-refractivity contribution in [2.45, 2.75) is 63.8 Å². The van der Waals surface area contributed by atoms with Gasteiger partial charge in [0.05, 0.1) is 5.54 Å². The molecule has 1 heterocycles. The van der Waals surface area contributed by atoms with Crippen LogP contribution in [0.2, 0.25) is 0 Å². The Labute approximate surface area is 116 Å². The number of hydrogen-bond acceptors (Lipinski definition) is 2. The molecule has 108 valence electrons. The lowest BCUT2D eigenvalue weighted by Gasteiger charge is -2.39. The molecule has 3 rings (SSSR count). The predicted octanol–water partition coefficient (Wildman–Crippen LogP) is 2.46. The van der Waals surface area contributed by atoms with Gasteiger partial charge >= 0.3 is 0 Å². The van der Waals surface area contributed by atoms with Crippen molar-refractivity contribution in [3.05, 3.63) is 0 Å². The highest BCUT2D eigenvalue weighted by Gasteiger charge is 2.37. The van der Waals surface area contributed by atoms with Crippen molar-refractivity contribution >= 4 is 5.91 Å². The SMILES string of the molecule is CC1(NC(=O)C2CCC3CCCCC3C2)CCNC1. The second-order valence-electron chi connectivity index (χ2n) is 7.29. The lowest BCUT2D eigenvalue weighted by atomic mass is 9.67. The van der Waals surface area contributed by atoms with Crippen LogP contribution in [-0.2, 0) is 4.79 Å². The maximum absolute atomic E-state index is 12.5. The van der Waals surface area contributed by atoms with Crippen LogP contribution < -0.4 is 10.6 Å². The monoisotopic (exact) mass is 264 g/mol. The van der Waals surface area contributed by atoms with Crippen LogP contribution in [-0.4, -0.2) is 24.5 Å². The lowest BCUT2D eigenvalue weighted by molar-refractivity contribution is -0.128. The summed E-state index contributed by atoms with van der Waals surface area (Å²) < 4.78 is 0. The van der Waals surface area contributed by atoms with Crippen LogP contribution >= 0.6 is 0 Å². The molecule has 0 aromatic carbocycles. The summed E-state index contributed by atoms with van der Waals surface area (Å²) in [6.45, 7) is 4.14. The quantitative estimate of drug-likeness (QED) is 0.804. The predicted molar refractivity (Wildman–Crippen MR) is 76.8 cm³/mol. The maximum Gasteiger partial charge on any atom is 0.223 e. The maximum atomic E-state index is 12.5. The fourth-order valence-corrected chi connectivity index (χ4v) is 4.43. The van der Waals surface area contributed by atoms with Gasteiger partial charge in [-0.05, 0) is 51.0 Å². The Balaban J connectivity index is 1.55. The normalized spacial score (nSPS) is 42.7. The molecule has 0 aromatic rings. The van der Waals surface area contributed by atoms with Crippen molar-refractivity contribution in [2.24, 2.45) is 17.8 Å². The van der Waals surface area contributed by atoms with Crippen molar-refractivity contribution in [2.75, 3.05) is 13.1 Å². The first-order valence-electron chi connectivity index (χ1n) is 8.19. The van der Waals surface area contributed by atoms with Gasteiger partial charge in [0.15, 0.2) is 0 Å². The molecule has 3 nitrogen and oxygen atoms in total. The molecule has 0 bridgehead atoms. The molecule has 19 heavy (non-hydrogen) atoms. The van der Waals surface area contributed by atoms with E-state index in [1.807, 2.05) is 0 Å². The molecular formula is C16H28N2O. The van der Waals surface area contributed by atoms with Gasteiger partial charge in [0.2, 0.25) is 5.91 Å². The van der Waals surface area contributed by atoms with Crippen molar-refractivity contribution in [1.82, 2.24) is 10.6 Å². The molecule has 2 saturated carbocycles. The fourth-order valence-electron chi connectivity index (χ4n) is 4.43. The molecule has 3 aliphatic rings. The van der Waals surface area contributed by atoms with E-state index in [-0.39, 0.29) is 11.5 Å². The summed E-state index contributed by atoms with van der Waals surface area (Å²) >= 11 is 0. The third-order valence-corrected chi connectivity index (χ3v) is 5.70. The van der Waals surface area contributed by atoms with E-state index in [4.69, 9.17) is 0 Å². The molecule has 2 aliphatic carbocycles. The van der Waals surface area contributed by atoms with Crippen LogP contribution in [0.5, 0.6) is 0 Å². The highest BCUT2D eigenvalue weighted by molar-refractivity contribution is 5.79. The fraction of sp³-hybridized carbons (Fsp3) is 0.938. The molecule has 1 saturated heterocycles. The van der Waals surface area contributed by atoms with E-state index in [1.54, 1.807) is 0 Å². The van der Waals surface area contributed by atoms with E-state index in [9.17, 15) is 4.79 Å². The molecule has 4 atom stereocenters. The molecule has 3 fully saturated rings. The van der Waals surface area contributed by atoms with Crippen LogP contribution in [0.15, 0.2) is 0 Å². The van der Waals surface area contributed by atoms with Crippen LogP contribution in [0.25, 0.3) is 0 Å². The molecule has 2 N–H and O–H groups in total. The Bertz CT molecular complexity index is 336. The van der Waals surface area contributed by atoms with Gasteiger partial charge in [-0.1, -0.05) is 25.7 Å². The Hall–Kier alpha value is -0.570. The highest BCUT2D eigenvalue weighted by atomic mass is 16.2. The zero-order valence-electron chi connectivity index (χ0n) is 12.2. The zero-order valence-corrected chi connectivity index (χ0v) is 12.2. The van der Waals surface area contributed by atoms with Crippen molar-refractivity contribution in [3.63, 3.8) is 0 Å². The molecule has 0 radical (unpaired) electrons. The summed E-state index contributed by atoms with van der Waals surface area (Å²) in [7, 11) is 0.